The fourth-order valence-electron chi connectivity index (χ4n) is 6.43. The summed E-state index contributed by atoms with van der Waals surface area (Å²) in [7, 11) is 0. The molecule has 4 aliphatic rings. The summed E-state index contributed by atoms with van der Waals surface area (Å²) in [4.78, 5) is 38.2. The lowest BCUT2D eigenvalue weighted by Gasteiger charge is -2.45. The maximum absolute atomic E-state index is 13.6. The molecule has 186 valence electrons. The molecule has 2 amide bonds. The van der Waals surface area contributed by atoms with E-state index in [0.29, 0.717) is 22.6 Å². The average Bonchev–Trinajstić information content (AvgIpc) is 3.50. The fraction of sp³-hybridized carbons (Fsp3) is 0.167. The minimum Gasteiger partial charge on any atom is -0.455 e. The van der Waals surface area contributed by atoms with Crippen molar-refractivity contribution in [1.29, 1.82) is 0 Å². The van der Waals surface area contributed by atoms with Crippen LogP contribution in [0.2, 0.25) is 0 Å². The van der Waals surface area contributed by atoms with Crippen LogP contribution in [0.5, 0.6) is 0 Å². The van der Waals surface area contributed by atoms with Gasteiger partial charge in [-0.2, -0.15) is 10.1 Å². The van der Waals surface area contributed by atoms with Crippen LogP contribution in [0.25, 0.3) is 11.3 Å². The van der Waals surface area contributed by atoms with Gasteiger partial charge >= 0.3 is 0 Å². The summed E-state index contributed by atoms with van der Waals surface area (Å²) in [6, 6.07) is 24.3. The number of nitro groups is 1. The minimum absolute atomic E-state index is 0.00149. The van der Waals surface area contributed by atoms with Crippen LogP contribution in [-0.2, 0) is 9.59 Å². The normalized spacial score (nSPS) is 23.0. The number of aryl methyl sites for hydroxylation is 1. The van der Waals surface area contributed by atoms with Crippen LogP contribution in [-0.4, -0.2) is 28.0 Å². The lowest BCUT2D eigenvalue weighted by Crippen LogP contribution is -2.41. The van der Waals surface area contributed by atoms with E-state index in [9.17, 15) is 19.7 Å². The number of nitro benzene ring substituents is 1. The smallest absolute Gasteiger partial charge is 0.273 e. The van der Waals surface area contributed by atoms with Crippen molar-refractivity contribution in [3.05, 3.63) is 123 Å². The SMILES string of the molecule is Cc1ccc(-c2ccc(/C=N\N3C(=O)[C@H]4C5c6ccccc6C(c6ccccc65)[C@@H]4C3=O)o2)cc1[N+](=O)[O-]. The van der Waals surface area contributed by atoms with Gasteiger partial charge in [0.2, 0.25) is 0 Å². The number of carbonyl (C=O) groups is 2. The Bertz CT molecular complexity index is 1590. The topological polar surface area (TPSA) is 106 Å². The van der Waals surface area contributed by atoms with Crippen molar-refractivity contribution in [1.82, 2.24) is 5.01 Å². The molecule has 0 saturated carbocycles. The van der Waals surface area contributed by atoms with Crippen LogP contribution in [0.1, 0.15) is 45.4 Å². The van der Waals surface area contributed by atoms with Crippen molar-refractivity contribution in [2.45, 2.75) is 18.8 Å². The van der Waals surface area contributed by atoms with Crippen molar-refractivity contribution in [3.8, 4) is 11.3 Å². The Balaban J connectivity index is 1.21. The van der Waals surface area contributed by atoms with Gasteiger partial charge in [0.25, 0.3) is 17.5 Å². The van der Waals surface area contributed by atoms with Crippen molar-refractivity contribution in [3.63, 3.8) is 0 Å². The molecule has 1 aliphatic heterocycles. The van der Waals surface area contributed by atoms with Gasteiger partial charge in [-0.05, 0) is 41.3 Å². The highest BCUT2D eigenvalue weighted by Crippen LogP contribution is 2.60. The van der Waals surface area contributed by atoms with E-state index in [4.69, 9.17) is 4.42 Å². The van der Waals surface area contributed by atoms with Gasteiger partial charge in [-0.1, -0.05) is 60.7 Å². The lowest BCUT2D eigenvalue weighted by atomic mass is 9.55. The molecule has 3 aromatic carbocycles. The van der Waals surface area contributed by atoms with E-state index in [1.165, 1.54) is 12.3 Å². The molecule has 0 spiro atoms. The zero-order valence-electron chi connectivity index (χ0n) is 20.3. The largest absolute Gasteiger partial charge is 0.455 e. The van der Waals surface area contributed by atoms with E-state index in [1.54, 1.807) is 31.2 Å². The number of hydrazone groups is 1. The van der Waals surface area contributed by atoms with Crippen molar-refractivity contribution in [2.75, 3.05) is 0 Å². The molecular formula is C30H21N3O5. The van der Waals surface area contributed by atoms with Gasteiger partial charge < -0.3 is 4.42 Å². The van der Waals surface area contributed by atoms with Crippen LogP contribution in [0, 0.1) is 28.9 Å². The van der Waals surface area contributed by atoms with Crippen LogP contribution in [0.4, 0.5) is 5.69 Å². The van der Waals surface area contributed by atoms with Gasteiger partial charge in [-0.15, -0.1) is 0 Å². The summed E-state index contributed by atoms with van der Waals surface area (Å²) in [6.07, 6.45) is 1.35. The number of rotatable bonds is 4. The number of amides is 2. The molecule has 2 atom stereocenters. The Labute approximate surface area is 217 Å². The monoisotopic (exact) mass is 503 g/mol. The Kier molecular flexibility index (Phi) is 4.75. The third-order valence-electron chi connectivity index (χ3n) is 8.04. The van der Waals surface area contributed by atoms with Gasteiger partial charge in [0.15, 0.2) is 0 Å². The molecule has 0 N–H and O–H groups in total. The molecule has 1 saturated heterocycles. The fourth-order valence-corrected chi connectivity index (χ4v) is 6.43. The van der Waals surface area contributed by atoms with Crippen LogP contribution in [0.15, 0.2) is 88.4 Å². The Morgan fingerprint density at radius 3 is 1.92 bits per heavy atom. The molecular weight excluding hydrogens is 482 g/mol. The summed E-state index contributed by atoms with van der Waals surface area (Å²) in [5.74, 6) is -1.26. The molecule has 0 radical (unpaired) electrons. The second kappa shape index (κ2) is 8.08. The predicted molar refractivity (Wildman–Crippen MR) is 139 cm³/mol. The number of furan rings is 1. The summed E-state index contributed by atoms with van der Waals surface area (Å²) in [5.41, 5.74) is 5.52. The first kappa shape index (κ1) is 22.4. The molecule has 3 aliphatic carbocycles. The number of carbonyl (C=O) groups excluding carboxylic acids is 2. The number of hydrogen-bond donors (Lipinski definition) is 0. The number of benzene rings is 3. The quantitative estimate of drug-likeness (QED) is 0.161. The van der Waals surface area contributed by atoms with Gasteiger partial charge in [0.05, 0.1) is 23.0 Å². The van der Waals surface area contributed by atoms with E-state index in [1.807, 2.05) is 24.3 Å². The Morgan fingerprint density at radius 1 is 0.842 bits per heavy atom. The summed E-state index contributed by atoms with van der Waals surface area (Å²) in [6.45, 7) is 1.67. The number of imide groups is 1. The van der Waals surface area contributed by atoms with Gasteiger partial charge in [0.1, 0.15) is 11.5 Å². The highest BCUT2D eigenvalue weighted by Gasteiger charge is 2.61. The summed E-state index contributed by atoms with van der Waals surface area (Å²) in [5, 5.41) is 16.6. The van der Waals surface area contributed by atoms with Gasteiger partial charge in [-0.3, -0.25) is 19.7 Å². The molecule has 1 fully saturated rings. The van der Waals surface area contributed by atoms with Crippen molar-refractivity contribution < 1.29 is 18.9 Å². The first-order valence-electron chi connectivity index (χ1n) is 12.4. The van der Waals surface area contributed by atoms with E-state index in [-0.39, 0.29) is 29.3 Å². The zero-order chi connectivity index (χ0) is 26.1. The molecule has 8 nitrogen and oxygen atoms in total. The Morgan fingerprint density at radius 2 is 1.39 bits per heavy atom. The highest BCUT2D eigenvalue weighted by atomic mass is 16.6. The second-order valence-corrected chi connectivity index (χ2v) is 9.96. The summed E-state index contributed by atoms with van der Waals surface area (Å²) < 4.78 is 5.83. The number of nitrogens with zero attached hydrogens (tertiary/aromatic N) is 3. The summed E-state index contributed by atoms with van der Waals surface area (Å²) >= 11 is 0. The molecule has 38 heavy (non-hydrogen) atoms. The van der Waals surface area contributed by atoms with E-state index in [0.717, 1.165) is 27.3 Å². The molecule has 2 heterocycles. The predicted octanol–water partition coefficient (Wildman–Crippen LogP) is 5.39. The van der Waals surface area contributed by atoms with E-state index >= 15 is 0 Å². The van der Waals surface area contributed by atoms with Crippen molar-refractivity contribution >= 4 is 23.7 Å². The van der Waals surface area contributed by atoms with Crippen LogP contribution < -0.4 is 0 Å². The average molecular weight is 504 g/mol. The molecule has 8 heteroatoms. The third-order valence-corrected chi connectivity index (χ3v) is 8.04. The first-order valence-corrected chi connectivity index (χ1v) is 12.4. The highest BCUT2D eigenvalue weighted by molar-refractivity contribution is 6.08. The van der Waals surface area contributed by atoms with Crippen molar-refractivity contribution in [2.24, 2.45) is 16.9 Å². The molecule has 4 aromatic rings. The zero-order valence-corrected chi connectivity index (χ0v) is 20.3. The molecule has 8 rings (SSSR count). The van der Waals surface area contributed by atoms with E-state index in [2.05, 4.69) is 29.4 Å². The first-order chi connectivity index (χ1) is 18.4. The minimum atomic E-state index is -0.505. The lowest BCUT2D eigenvalue weighted by molar-refractivity contribution is -0.385. The van der Waals surface area contributed by atoms with Crippen LogP contribution >= 0.6 is 0 Å². The molecule has 0 unspecified atom stereocenters. The van der Waals surface area contributed by atoms with Gasteiger partial charge in [-0.25, -0.2) is 0 Å². The van der Waals surface area contributed by atoms with E-state index < -0.39 is 16.8 Å². The number of hydrogen-bond acceptors (Lipinski definition) is 6. The Hall–Kier alpha value is -4.85. The maximum Gasteiger partial charge on any atom is 0.273 e. The van der Waals surface area contributed by atoms with Crippen LogP contribution in [0.3, 0.4) is 0 Å². The standard InChI is InChI=1S/C30H21N3O5/c1-16-10-11-17(14-23(16)33(36)37)24-13-12-18(38-24)15-31-32-29(34)27-25-19-6-2-3-7-20(19)26(28(27)30(32)35)22-9-5-4-8-21(22)25/h2-15,25-28H,1H3/b31-15-/t25?,26?,27-,28-/m0/s1. The second-order valence-electron chi connectivity index (χ2n) is 9.96. The third kappa shape index (κ3) is 3.06. The molecule has 1 aromatic heterocycles. The van der Waals surface area contributed by atoms with Gasteiger partial charge in [0, 0.05) is 29.0 Å². The molecule has 2 bridgehead atoms. The maximum atomic E-state index is 13.6.